The standard InChI is InChI=1S/C9H5BrClNO2/c10-3-7-6(9(13)14)2-1-5(4-12)8(7)11/h1-2H,3H2,(H,13,14). The van der Waals surface area contributed by atoms with Gasteiger partial charge < -0.3 is 5.11 Å². The summed E-state index contributed by atoms with van der Waals surface area (Å²) in [6.45, 7) is 0. The van der Waals surface area contributed by atoms with Crippen LogP contribution in [0.15, 0.2) is 12.1 Å². The molecular formula is C9H5BrClNO2. The third-order valence-electron chi connectivity index (χ3n) is 1.73. The van der Waals surface area contributed by atoms with Gasteiger partial charge in [-0.1, -0.05) is 27.5 Å². The van der Waals surface area contributed by atoms with E-state index < -0.39 is 5.97 Å². The Balaban J connectivity index is 3.45. The number of nitriles is 1. The fraction of sp³-hybridized carbons (Fsp3) is 0.111. The molecule has 0 unspecified atom stereocenters. The van der Waals surface area contributed by atoms with Crippen LogP contribution in [0.2, 0.25) is 5.02 Å². The molecule has 0 aliphatic rings. The van der Waals surface area contributed by atoms with Gasteiger partial charge in [-0.05, 0) is 17.7 Å². The first-order valence-corrected chi connectivity index (χ1v) is 5.12. The van der Waals surface area contributed by atoms with Gasteiger partial charge in [0, 0.05) is 5.33 Å². The van der Waals surface area contributed by atoms with Crippen LogP contribution in [-0.2, 0) is 5.33 Å². The molecule has 0 amide bonds. The molecule has 1 rings (SSSR count). The van der Waals surface area contributed by atoms with Crippen molar-refractivity contribution in [1.29, 1.82) is 5.26 Å². The van der Waals surface area contributed by atoms with E-state index in [4.69, 9.17) is 22.0 Å². The molecule has 0 aromatic heterocycles. The highest BCUT2D eigenvalue weighted by Crippen LogP contribution is 2.26. The number of carboxylic acid groups (broad SMARTS) is 1. The number of rotatable bonds is 2. The van der Waals surface area contributed by atoms with Gasteiger partial charge in [0.2, 0.25) is 0 Å². The summed E-state index contributed by atoms with van der Waals surface area (Å²) in [6.07, 6.45) is 0. The van der Waals surface area contributed by atoms with Crippen LogP contribution in [0.25, 0.3) is 0 Å². The largest absolute Gasteiger partial charge is 0.478 e. The monoisotopic (exact) mass is 273 g/mol. The second kappa shape index (κ2) is 4.45. The van der Waals surface area contributed by atoms with Crippen LogP contribution in [0, 0.1) is 11.3 Å². The summed E-state index contributed by atoms with van der Waals surface area (Å²) in [5.74, 6) is -1.05. The summed E-state index contributed by atoms with van der Waals surface area (Å²) < 4.78 is 0. The molecule has 0 aliphatic carbocycles. The van der Waals surface area contributed by atoms with E-state index in [-0.39, 0.29) is 16.1 Å². The lowest BCUT2D eigenvalue weighted by molar-refractivity contribution is 0.0696. The third-order valence-corrected chi connectivity index (χ3v) is 2.72. The minimum atomic E-state index is -1.05. The molecule has 1 aromatic carbocycles. The number of hydrogen-bond acceptors (Lipinski definition) is 2. The van der Waals surface area contributed by atoms with E-state index in [0.29, 0.717) is 10.9 Å². The Hall–Kier alpha value is -1.05. The van der Waals surface area contributed by atoms with E-state index in [1.54, 1.807) is 0 Å². The van der Waals surface area contributed by atoms with Crippen LogP contribution in [0.1, 0.15) is 21.5 Å². The van der Waals surface area contributed by atoms with Gasteiger partial charge >= 0.3 is 5.97 Å². The smallest absolute Gasteiger partial charge is 0.336 e. The van der Waals surface area contributed by atoms with Gasteiger partial charge in [0.25, 0.3) is 0 Å². The molecule has 0 heterocycles. The van der Waals surface area contributed by atoms with Crippen LogP contribution < -0.4 is 0 Å². The van der Waals surface area contributed by atoms with Gasteiger partial charge in [-0.15, -0.1) is 0 Å². The molecular weight excluding hydrogens is 269 g/mol. The molecule has 0 aliphatic heterocycles. The zero-order chi connectivity index (χ0) is 10.7. The minimum absolute atomic E-state index is 0.117. The Labute approximate surface area is 94.0 Å². The van der Waals surface area contributed by atoms with E-state index in [1.165, 1.54) is 12.1 Å². The molecule has 1 N–H and O–H groups in total. The van der Waals surface area contributed by atoms with Crippen molar-refractivity contribution in [1.82, 2.24) is 0 Å². The summed E-state index contributed by atoms with van der Waals surface area (Å²) in [7, 11) is 0. The second-order valence-electron chi connectivity index (χ2n) is 2.50. The Kier molecular flexibility index (Phi) is 3.50. The van der Waals surface area contributed by atoms with E-state index in [0.717, 1.165) is 0 Å². The number of benzene rings is 1. The van der Waals surface area contributed by atoms with Gasteiger partial charge in [-0.3, -0.25) is 0 Å². The molecule has 0 bridgehead atoms. The van der Waals surface area contributed by atoms with Crippen molar-refractivity contribution in [3.05, 3.63) is 33.8 Å². The lowest BCUT2D eigenvalue weighted by Crippen LogP contribution is -2.02. The van der Waals surface area contributed by atoms with Gasteiger partial charge in [0.1, 0.15) is 6.07 Å². The van der Waals surface area contributed by atoms with Crippen molar-refractivity contribution in [3.8, 4) is 6.07 Å². The number of carbonyl (C=O) groups is 1. The molecule has 0 radical (unpaired) electrons. The molecule has 72 valence electrons. The predicted molar refractivity (Wildman–Crippen MR) is 55.8 cm³/mol. The van der Waals surface area contributed by atoms with E-state index >= 15 is 0 Å². The van der Waals surface area contributed by atoms with E-state index in [2.05, 4.69) is 15.9 Å². The molecule has 0 atom stereocenters. The topological polar surface area (TPSA) is 61.1 Å². The molecule has 0 spiro atoms. The van der Waals surface area contributed by atoms with Crippen LogP contribution in [0.4, 0.5) is 0 Å². The Morgan fingerprint density at radius 3 is 2.71 bits per heavy atom. The first-order chi connectivity index (χ1) is 6.61. The Bertz CT molecular complexity index is 426. The average Bonchev–Trinajstić information content (AvgIpc) is 2.17. The molecule has 1 aromatic rings. The summed E-state index contributed by atoms with van der Waals surface area (Å²) >= 11 is 8.98. The minimum Gasteiger partial charge on any atom is -0.478 e. The summed E-state index contributed by atoms with van der Waals surface area (Å²) in [6, 6.07) is 4.67. The SMILES string of the molecule is N#Cc1ccc(C(=O)O)c(CBr)c1Cl. The first kappa shape index (κ1) is 11.0. The van der Waals surface area contributed by atoms with Crippen molar-refractivity contribution >= 4 is 33.5 Å². The van der Waals surface area contributed by atoms with E-state index in [9.17, 15) is 4.79 Å². The van der Waals surface area contributed by atoms with Crippen LogP contribution >= 0.6 is 27.5 Å². The third kappa shape index (κ3) is 1.89. The first-order valence-electron chi connectivity index (χ1n) is 3.62. The Morgan fingerprint density at radius 1 is 1.64 bits per heavy atom. The zero-order valence-electron chi connectivity index (χ0n) is 6.92. The number of carboxylic acids is 1. The average molecular weight is 275 g/mol. The van der Waals surface area contributed by atoms with Gasteiger partial charge in [0.05, 0.1) is 16.1 Å². The highest BCUT2D eigenvalue weighted by molar-refractivity contribution is 9.08. The quantitative estimate of drug-likeness (QED) is 0.844. The molecule has 5 heteroatoms. The molecule has 0 saturated heterocycles. The maximum atomic E-state index is 10.8. The van der Waals surface area contributed by atoms with Gasteiger partial charge in [0.15, 0.2) is 0 Å². The van der Waals surface area contributed by atoms with Crippen LogP contribution in [0.5, 0.6) is 0 Å². The highest BCUT2D eigenvalue weighted by Gasteiger charge is 2.15. The molecule has 0 fully saturated rings. The molecule has 0 saturated carbocycles. The van der Waals surface area contributed by atoms with Crippen molar-refractivity contribution in [2.24, 2.45) is 0 Å². The van der Waals surface area contributed by atoms with Crippen molar-refractivity contribution in [2.45, 2.75) is 5.33 Å². The van der Waals surface area contributed by atoms with Crippen molar-refractivity contribution in [2.75, 3.05) is 0 Å². The highest BCUT2D eigenvalue weighted by atomic mass is 79.9. The zero-order valence-corrected chi connectivity index (χ0v) is 9.26. The molecule has 14 heavy (non-hydrogen) atoms. The fourth-order valence-electron chi connectivity index (χ4n) is 1.04. The summed E-state index contributed by atoms with van der Waals surface area (Å²) in [5.41, 5.74) is 0.829. The molecule has 3 nitrogen and oxygen atoms in total. The lowest BCUT2D eigenvalue weighted by atomic mass is 10.1. The maximum Gasteiger partial charge on any atom is 0.336 e. The fourth-order valence-corrected chi connectivity index (χ4v) is 2.06. The number of halogens is 2. The summed E-state index contributed by atoms with van der Waals surface area (Å²) in [5, 5.41) is 18.0. The van der Waals surface area contributed by atoms with Gasteiger partial charge in [-0.25, -0.2) is 4.79 Å². The summed E-state index contributed by atoms with van der Waals surface area (Å²) in [4.78, 5) is 10.8. The normalized spacial score (nSPS) is 9.50. The van der Waals surface area contributed by atoms with Crippen LogP contribution in [0.3, 0.4) is 0 Å². The van der Waals surface area contributed by atoms with Crippen molar-refractivity contribution in [3.63, 3.8) is 0 Å². The Morgan fingerprint density at radius 2 is 2.29 bits per heavy atom. The number of aromatic carboxylic acids is 1. The van der Waals surface area contributed by atoms with Gasteiger partial charge in [-0.2, -0.15) is 5.26 Å². The van der Waals surface area contributed by atoms with Crippen LogP contribution in [-0.4, -0.2) is 11.1 Å². The van der Waals surface area contributed by atoms with Crippen molar-refractivity contribution < 1.29 is 9.90 Å². The number of alkyl halides is 1. The predicted octanol–water partition coefficient (Wildman–Crippen LogP) is 2.80. The number of hydrogen-bond donors (Lipinski definition) is 1. The van der Waals surface area contributed by atoms with E-state index in [1.807, 2.05) is 6.07 Å². The lowest BCUT2D eigenvalue weighted by Gasteiger charge is -2.05. The number of nitrogens with zero attached hydrogens (tertiary/aromatic N) is 1. The second-order valence-corrected chi connectivity index (χ2v) is 3.44. The maximum absolute atomic E-state index is 10.8.